The first-order chi connectivity index (χ1) is 10.2. The van der Waals surface area contributed by atoms with Crippen LogP contribution in [0.2, 0.25) is 0 Å². The molecule has 3 rings (SSSR count). The first-order valence-corrected chi connectivity index (χ1v) is 6.57. The van der Waals surface area contributed by atoms with Gasteiger partial charge in [-0.05, 0) is 34.0 Å². The van der Waals surface area contributed by atoms with E-state index in [2.05, 4.69) is 0 Å². The molecule has 1 atom stereocenters. The molecule has 0 aliphatic rings. The summed E-state index contributed by atoms with van der Waals surface area (Å²) < 4.78 is 0. The number of aliphatic hydroxyl groups excluding tert-OH is 1. The van der Waals surface area contributed by atoms with E-state index in [-0.39, 0.29) is 5.69 Å². The fourth-order valence-corrected chi connectivity index (χ4v) is 2.45. The van der Waals surface area contributed by atoms with Gasteiger partial charge in [0.1, 0.15) is 6.10 Å². The predicted octanol–water partition coefficient (Wildman–Crippen LogP) is 3.83. The second-order valence-corrected chi connectivity index (χ2v) is 4.82. The molecule has 0 aromatic heterocycles. The van der Waals surface area contributed by atoms with Gasteiger partial charge in [0, 0.05) is 12.1 Å². The first kappa shape index (κ1) is 13.3. The van der Waals surface area contributed by atoms with E-state index in [4.69, 9.17) is 0 Å². The van der Waals surface area contributed by atoms with Gasteiger partial charge in [-0.2, -0.15) is 0 Å². The van der Waals surface area contributed by atoms with Crippen molar-refractivity contribution in [2.45, 2.75) is 6.10 Å². The Morgan fingerprint density at radius 1 is 0.905 bits per heavy atom. The van der Waals surface area contributed by atoms with Crippen molar-refractivity contribution in [1.29, 1.82) is 0 Å². The van der Waals surface area contributed by atoms with Crippen LogP contribution < -0.4 is 0 Å². The van der Waals surface area contributed by atoms with Crippen LogP contribution in [0.4, 0.5) is 5.69 Å². The molecule has 0 spiro atoms. The van der Waals surface area contributed by atoms with Crippen LogP contribution in [0.5, 0.6) is 0 Å². The molecule has 0 aliphatic heterocycles. The van der Waals surface area contributed by atoms with Crippen molar-refractivity contribution in [2.75, 3.05) is 0 Å². The van der Waals surface area contributed by atoms with Crippen molar-refractivity contribution in [3.63, 3.8) is 0 Å². The fourth-order valence-electron chi connectivity index (χ4n) is 2.45. The molecule has 0 radical (unpaired) electrons. The average Bonchev–Trinajstić information content (AvgIpc) is 2.53. The van der Waals surface area contributed by atoms with Crippen molar-refractivity contribution < 1.29 is 10.0 Å². The smallest absolute Gasteiger partial charge is 0.269 e. The minimum atomic E-state index is -0.808. The molecule has 0 bridgehead atoms. The molecule has 21 heavy (non-hydrogen) atoms. The molecule has 4 heteroatoms. The molecule has 0 aliphatic carbocycles. The van der Waals surface area contributed by atoms with Crippen LogP contribution in [-0.4, -0.2) is 10.0 Å². The van der Waals surface area contributed by atoms with E-state index in [1.807, 2.05) is 42.5 Å². The molecule has 1 N–H and O–H groups in total. The van der Waals surface area contributed by atoms with Gasteiger partial charge in [-0.25, -0.2) is 0 Å². The van der Waals surface area contributed by atoms with Crippen molar-refractivity contribution in [2.24, 2.45) is 0 Å². The van der Waals surface area contributed by atoms with Crippen molar-refractivity contribution in [1.82, 2.24) is 0 Å². The van der Waals surface area contributed by atoms with Crippen molar-refractivity contribution in [3.8, 4) is 0 Å². The highest BCUT2D eigenvalue weighted by Gasteiger charge is 2.14. The standard InChI is InChI=1S/C17H13NO3/c19-17(13-8-10-14(11-9-13)18(20)21)16-7-3-5-12-4-1-2-6-15(12)16/h1-11,17,19H. The lowest BCUT2D eigenvalue weighted by Crippen LogP contribution is -2.00. The minimum Gasteiger partial charge on any atom is -0.384 e. The highest BCUT2D eigenvalue weighted by molar-refractivity contribution is 5.86. The number of fused-ring (bicyclic) bond motifs is 1. The Balaban J connectivity index is 2.04. The largest absolute Gasteiger partial charge is 0.384 e. The lowest BCUT2D eigenvalue weighted by Gasteiger charge is -2.14. The Bertz CT molecular complexity index is 791. The second-order valence-electron chi connectivity index (χ2n) is 4.82. The van der Waals surface area contributed by atoms with Crippen molar-refractivity contribution in [3.05, 3.63) is 88.0 Å². The summed E-state index contributed by atoms with van der Waals surface area (Å²) in [4.78, 5) is 10.2. The number of hydrogen-bond donors (Lipinski definition) is 1. The van der Waals surface area contributed by atoms with Gasteiger partial charge in [-0.3, -0.25) is 10.1 Å². The molecule has 3 aromatic carbocycles. The van der Waals surface area contributed by atoms with Crippen LogP contribution in [0.3, 0.4) is 0 Å². The summed E-state index contributed by atoms with van der Waals surface area (Å²) in [6.45, 7) is 0. The number of benzene rings is 3. The molecular formula is C17H13NO3. The number of hydrogen-bond acceptors (Lipinski definition) is 3. The first-order valence-electron chi connectivity index (χ1n) is 6.57. The molecule has 0 heterocycles. The molecule has 1 unspecified atom stereocenters. The monoisotopic (exact) mass is 279 g/mol. The van der Waals surface area contributed by atoms with Gasteiger partial charge < -0.3 is 5.11 Å². The Kier molecular flexibility index (Phi) is 3.38. The van der Waals surface area contributed by atoms with Crippen LogP contribution in [-0.2, 0) is 0 Å². The topological polar surface area (TPSA) is 63.4 Å². The molecule has 0 saturated carbocycles. The maximum absolute atomic E-state index is 10.7. The number of nitro benzene ring substituents is 1. The van der Waals surface area contributed by atoms with Gasteiger partial charge in [0.15, 0.2) is 0 Å². The Labute approximate surface area is 121 Å². The number of nitrogens with zero attached hydrogens (tertiary/aromatic N) is 1. The van der Waals surface area contributed by atoms with E-state index < -0.39 is 11.0 Å². The maximum atomic E-state index is 10.7. The Morgan fingerprint density at radius 2 is 1.57 bits per heavy atom. The van der Waals surface area contributed by atoms with E-state index in [1.165, 1.54) is 12.1 Å². The van der Waals surface area contributed by atoms with Crippen LogP contribution in [0, 0.1) is 10.1 Å². The third-order valence-corrected chi connectivity index (χ3v) is 3.54. The van der Waals surface area contributed by atoms with Crippen LogP contribution >= 0.6 is 0 Å². The third kappa shape index (κ3) is 2.49. The molecular weight excluding hydrogens is 266 g/mol. The van der Waals surface area contributed by atoms with Gasteiger partial charge in [-0.15, -0.1) is 0 Å². The van der Waals surface area contributed by atoms with Gasteiger partial charge in [0.05, 0.1) is 4.92 Å². The van der Waals surface area contributed by atoms with E-state index in [9.17, 15) is 15.2 Å². The minimum absolute atomic E-state index is 0.0175. The lowest BCUT2D eigenvalue weighted by molar-refractivity contribution is -0.384. The lowest BCUT2D eigenvalue weighted by atomic mass is 9.96. The van der Waals surface area contributed by atoms with E-state index >= 15 is 0 Å². The third-order valence-electron chi connectivity index (χ3n) is 3.54. The predicted molar refractivity (Wildman–Crippen MR) is 81.1 cm³/mol. The normalized spacial score (nSPS) is 12.2. The number of rotatable bonds is 3. The summed E-state index contributed by atoms with van der Waals surface area (Å²) in [7, 11) is 0. The number of nitro groups is 1. The number of non-ortho nitro benzene ring substituents is 1. The Hall–Kier alpha value is -2.72. The average molecular weight is 279 g/mol. The van der Waals surface area contributed by atoms with Gasteiger partial charge in [0.2, 0.25) is 0 Å². The zero-order chi connectivity index (χ0) is 14.8. The van der Waals surface area contributed by atoms with Crippen LogP contribution in [0.15, 0.2) is 66.7 Å². The molecule has 3 aromatic rings. The quantitative estimate of drug-likeness (QED) is 0.585. The van der Waals surface area contributed by atoms with E-state index in [1.54, 1.807) is 12.1 Å². The summed E-state index contributed by atoms with van der Waals surface area (Å²) in [5.41, 5.74) is 1.45. The van der Waals surface area contributed by atoms with Gasteiger partial charge >= 0.3 is 0 Å². The van der Waals surface area contributed by atoms with Crippen molar-refractivity contribution >= 4 is 16.5 Å². The molecule has 0 amide bonds. The summed E-state index contributed by atoms with van der Waals surface area (Å²) in [5, 5.41) is 23.2. The maximum Gasteiger partial charge on any atom is 0.269 e. The molecule has 4 nitrogen and oxygen atoms in total. The Morgan fingerprint density at radius 3 is 2.29 bits per heavy atom. The summed E-state index contributed by atoms with van der Waals surface area (Å²) in [6, 6.07) is 19.6. The van der Waals surface area contributed by atoms with E-state index in [0.717, 1.165) is 16.3 Å². The summed E-state index contributed by atoms with van der Waals surface area (Å²) >= 11 is 0. The zero-order valence-electron chi connectivity index (χ0n) is 11.1. The SMILES string of the molecule is O=[N+]([O-])c1ccc(C(O)c2cccc3ccccc23)cc1. The summed E-state index contributed by atoms with van der Waals surface area (Å²) in [5.74, 6) is 0. The molecule has 0 saturated heterocycles. The second kappa shape index (κ2) is 5.34. The van der Waals surface area contributed by atoms with Gasteiger partial charge in [-0.1, -0.05) is 42.5 Å². The number of aliphatic hydroxyl groups is 1. The zero-order valence-corrected chi connectivity index (χ0v) is 11.1. The summed E-state index contributed by atoms with van der Waals surface area (Å²) in [6.07, 6.45) is -0.808. The molecule has 0 fully saturated rings. The molecule has 104 valence electrons. The van der Waals surface area contributed by atoms with E-state index in [0.29, 0.717) is 5.56 Å². The fraction of sp³-hybridized carbons (Fsp3) is 0.0588. The van der Waals surface area contributed by atoms with Crippen LogP contribution in [0.1, 0.15) is 17.2 Å². The van der Waals surface area contributed by atoms with Gasteiger partial charge in [0.25, 0.3) is 5.69 Å². The highest BCUT2D eigenvalue weighted by Crippen LogP contribution is 2.29. The highest BCUT2D eigenvalue weighted by atomic mass is 16.6. The van der Waals surface area contributed by atoms with Crippen LogP contribution in [0.25, 0.3) is 10.8 Å².